The fraction of sp³-hybridized carbons (Fsp3) is 0.278. The van der Waals surface area contributed by atoms with Crippen molar-refractivity contribution in [3.63, 3.8) is 0 Å². The minimum absolute atomic E-state index is 0.361. The van der Waals surface area contributed by atoms with Gasteiger partial charge in [0.2, 0.25) is 0 Å². The molecule has 1 aliphatic rings. The topological polar surface area (TPSA) is 55.2 Å². The van der Waals surface area contributed by atoms with E-state index < -0.39 is 9.84 Å². The lowest BCUT2D eigenvalue weighted by molar-refractivity contribution is 0.402. The van der Waals surface area contributed by atoms with Gasteiger partial charge in [0.1, 0.15) is 5.82 Å². The Kier molecular flexibility index (Phi) is 3.38. The van der Waals surface area contributed by atoms with E-state index in [2.05, 4.69) is 20.5 Å². The highest BCUT2D eigenvalue weighted by atomic mass is 32.2. The number of imidazole rings is 1. The molecule has 6 heteroatoms. The van der Waals surface area contributed by atoms with Crippen LogP contribution in [0.15, 0.2) is 53.4 Å². The Bertz CT molecular complexity index is 1000. The summed E-state index contributed by atoms with van der Waals surface area (Å²) in [6.45, 7) is 3.85. The molecule has 2 aromatic carbocycles. The minimum Gasteiger partial charge on any atom is -0.367 e. The Labute approximate surface area is 141 Å². The van der Waals surface area contributed by atoms with Crippen LogP contribution in [0.4, 0.5) is 5.69 Å². The number of para-hydroxylation sites is 2. The van der Waals surface area contributed by atoms with Gasteiger partial charge >= 0.3 is 0 Å². The van der Waals surface area contributed by atoms with Crippen LogP contribution in [-0.4, -0.2) is 37.3 Å². The Morgan fingerprint density at radius 3 is 2.38 bits per heavy atom. The second-order valence-electron chi connectivity index (χ2n) is 6.34. The molecule has 0 spiro atoms. The number of benzene rings is 2. The van der Waals surface area contributed by atoms with Crippen LogP contribution in [0.3, 0.4) is 0 Å². The number of rotatable bonds is 3. The maximum atomic E-state index is 11.5. The van der Waals surface area contributed by atoms with Gasteiger partial charge in [-0.25, -0.2) is 13.4 Å². The highest BCUT2D eigenvalue weighted by molar-refractivity contribution is 7.90. The predicted molar refractivity (Wildman–Crippen MR) is 95.3 cm³/mol. The van der Waals surface area contributed by atoms with Gasteiger partial charge in [0, 0.05) is 25.0 Å². The highest BCUT2D eigenvalue weighted by Gasteiger charge is 2.30. The molecule has 24 heavy (non-hydrogen) atoms. The number of hydrogen-bond acceptors (Lipinski definition) is 4. The summed E-state index contributed by atoms with van der Waals surface area (Å²) in [4.78, 5) is 7.25. The minimum atomic E-state index is -3.14. The lowest BCUT2D eigenvalue weighted by Gasteiger charge is -2.42. The van der Waals surface area contributed by atoms with Gasteiger partial charge < -0.3 is 9.47 Å². The molecule has 0 aliphatic carbocycles. The lowest BCUT2D eigenvalue weighted by Crippen LogP contribution is -2.48. The van der Waals surface area contributed by atoms with Crippen molar-refractivity contribution in [2.45, 2.75) is 17.9 Å². The largest absolute Gasteiger partial charge is 0.367 e. The summed E-state index contributed by atoms with van der Waals surface area (Å²) in [5.41, 5.74) is 3.26. The fourth-order valence-electron chi connectivity index (χ4n) is 3.36. The molecule has 0 radical (unpaired) electrons. The van der Waals surface area contributed by atoms with E-state index >= 15 is 0 Å². The number of aromatic nitrogens is 2. The van der Waals surface area contributed by atoms with E-state index in [1.54, 1.807) is 12.1 Å². The second kappa shape index (κ2) is 5.34. The molecular weight excluding hydrogens is 322 g/mol. The molecule has 0 unspecified atom stereocenters. The van der Waals surface area contributed by atoms with Crippen LogP contribution in [-0.2, 0) is 9.84 Å². The molecule has 0 amide bonds. The molecule has 3 aromatic rings. The van der Waals surface area contributed by atoms with Crippen molar-refractivity contribution < 1.29 is 8.42 Å². The number of anilines is 1. The summed E-state index contributed by atoms with van der Waals surface area (Å²) >= 11 is 0. The van der Waals surface area contributed by atoms with E-state index in [0.717, 1.165) is 30.1 Å². The van der Waals surface area contributed by atoms with Crippen molar-refractivity contribution in [1.82, 2.24) is 9.55 Å². The Morgan fingerprint density at radius 2 is 1.71 bits per heavy atom. The summed E-state index contributed by atoms with van der Waals surface area (Å²) in [7, 11) is -3.14. The molecule has 2 heterocycles. The lowest BCUT2D eigenvalue weighted by atomic mass is 10.1. The van der Waals surface area contributed by atoms with Crippen LogP contribution in [0.2, 0.25) is 0 Å². The Morgan fingerprint density at radius 1 is 1.04 bits per heavy atom. The van der Waals surface area contributed by atoms with Gasteiger partial charge in [-0.05, 0) is 43.3 Å². The molecule has 124 valence electrons. The Hall–Kier alpha value is -2.34. The maximum Gasteiger partial charge on any atom is 0.175 e. The molecule has 1 aromatic heterocycles. The predicted octanol–water partition coefficient (Wildman–Crippen LogP) is 2.81. The standard InChI is InChI=1S/C18H19N3O2S/c1-13-19-17-5-3-4-6-18(17)21(13)15-11-20(12-15)14-7-9-16(10-8-14)24(2,22)23/h3-10,15H,11-12H2,1-2H3. The zero-order valence-electron chi connectivity index (χ0n) is 13.7. The summed E-state index contributed by atoms with van der Waals surface area (Å²) in [5, 5.41) is 0. The Balaban J connectivity index is 1.55. The average molecular weight is 341 g/mol. The number of fused-ring (bicyclic) bond motifs is 1. The van der Waals surface area contributed by atoms with Gasteiger partial charge in [-0.3, -0.25) is 0 Å². The number of aryl methyl sites for hydroxylation is 1. The van der Waals surface area contributed by atoms with Crippen molar-refractivity contribution >= 4 is 26.6 Å². The first-order chi connectivity index (χ1) is 11.4. The summed E-state index contributed by atoms with van der Waals surface area (Å²) in [6.07, 6.45) is 1.23. The first kappa shape index (κ1) is 15.2. The molecular formula is C18H19N3O2S. The molecule has 0 saturated carbocycles. The number of hydrogen-bond donors (Lipinski definition) is 0. The zero-order valence-corrected chi connectivity index (χ0v) is 14.5. The molecule has 4 rings (SSSR count). The van der Waals surface area contributed by atoms with Crippen molar-refractivity contribution in [2.24, 2.45) is 0 Å². The molecule has 1 saturated heterocycles. The van der Waals surface area contributed by atoms with Crippen LogP contribution in [0, 0.1) is 6.92 Å². The monoisotopic (exact) mass is 341 g/mol. The summed E-state index contributed by atoms with van der Waals surface area (Å²) < 4.78 is 25.4. The third kappa shape index (κ3) is 2.47. The van der Waals surface area contributed by atoms with E-state index in [0.29, 0.717) is 10.9 Å². The first-order valence-electron chi connectivity index (χ1n) is 7.92. The zero-order chi connectivity index (χ0) is 16.9. The number of sulfone groups is 1. The smallest absolute Gasteiger partial charge is 0.175 e. The maximum absolute atomic E-state index is 11.5. The van der Waals surface area contributed by atoms with Gasteiger partial charge in [0.15, 0.2) is 9.84 Å². The van der Waals surface area contributed by atoms with E-state index in [4.69, 9.17) is 0 Å². The van der Waals surface area contributed by atoms with Gasteiger partial charge in [-0.2, -0.15) is 0 Å². The van der Waals surface area contributed by atoms with Crippen LogP contribution in [0.25, 0.3) is 11.0 Å². The van der Waals surface area contributed by atoms with Crippen molar-refractivity contribution in [3.05, 3.63) is 54.4 Å². The molecule has 1 fully saturated rings. The number of nitrogens with zero attached hydrogens (tertiary/aromatic N) is 3. The third-order valence-electron chi connectivity index (χ3n) is 4.63. The molecule has 0 atom stereocenters. The fourth-order valence-corrected chi connectivity index (χ4v) is 3.99. The van der Waals surface area contributed by atoms with Crippen molar-refractivity contribution in [1.29, 1.82) is 0 Å². The highest BCUT2D eigenvalue weighted by Crippen LogP contribution is 2.31. The van der Waals surface area contributed by atoms with Gasteiger partial charge in [-0.1, -0.05) is 12.1 Å². The van der Waals surface area contributed by atoms with E-state index in [-0.39, 0.29) is 0 Å². The van der Waals surface area contributed by atoms with Crippen LogP contribution in [0.1, 0.15) is 11.9 Å². The first-order valence-corrected chi connectivity index (χ1v) is 9.81. The molecule has 5 nitrogen and oxygen atoms in total. The van der Waals surface area contributed by atoms with Crippen LogP contribution >= 0.6 is 0 Å². The third-order valence-corrected chi connectivity index (χ3v) is 5.76. The normalized spacial score (nSPS) is 15.7. The average Bonchev–Trinajstić information content (AvgIpc) is 2.82. The van der Waals surface area contributed by atoms with E-state index in [1.165, 1.54) is 11.8 Å². The SMILES string of the molecule is Cc1nc2ccccc2n1C1CN(c2ccc(S(C)(=O)=O)cc2)C1. The van der Waals surface area contributed by atoms with E-state index in [1.807, 2.05) is 37.3 Å². The van der Waals surface area contributed by atoms with Gasteiger partial charge in [0.05, 0.1) is 22.0 Å². The quantitative estimate of drug-likeness (QED) is 0.735. The van der Waals surface area contributed by atoms with Crippen LogP contribution in [0.5, 0.6) is 0 Å². The molecule has 1 aliphatic heterocycles. The van der Waals surface area contributed by atoms with Crippen LogP contribution < -0.4 is 4.90 Å². The van der Waals surface area contributed by atoms with Crippen molar-refractivity contribution in [3.8, 4) is 0 Å². The van der Waals surface area contributed by atoms with E-state index in [9.17, 15) is 8.42 Å². The van der Waals surface area contributed by atoms with Gasteiger partial charge in [-0.15, -0.1) is 0 Å². The second-order valence-corrected chi connectivity index (χ2v) is 8.36. The van der Waals surface area contributed by atoms with Crippen molar-refractivity contribution in [2.75, 3.05) is 24.2 Å². The summed E-state index contributed by atoms with van der Waals surface area (Å²) in [5.74, 6) is 1.04. The van der Waals surface area contributed by atoms with Gasteiger partial charge in [0.25, 0.3) is 0 Å². The molecule has 0 bridgehead atoms. The summed E-state index contributed by atoms with van der Waals surface area (Å²) in [6, 6.07) is 15.7. The molecule has 0 N–H and O–H groups in total.